The maximum absolute atomic E-state index is 13.4. The van der Waals surface area contributed by atoms with Crippen LogP contribution in [0.1, 0.15) is 42.1 Å². The van der Waals surface area contributed by atoms with Gasteiger partial charge in [0, 0.05) is 30.9 Å². The smallest absolute Gasteiger partial charge is 0.255 e. The number of piperidine rings is 1. The molecule has 1 fully saturated rings. The van der Waals surface area contributed by atoms with Crippen LogP contribution in [0.4, 0.5) is 0 Å². The molecule has 4 rings (SSSR count). The van der Waals surface area contributed by atoms with Crippen molar-refractivity contribution in [3.05, 3.63) is 71.9 Å². The molecule has 2 aromatic carbocycles. The summed E-state index contributed by atoms with van der Waals surface area (Å²) in [5, 5.41) is 7.85. The van der Waals surface area contributed by atoms with E-state index in [9.17, 15) is 13.2 Å². The summed E-state index contributed by atoms with van der Waals surface area (Å²) in [5.41, 5.74) is 2.94. The first-order valence-corrected chi connectivity index (χ1v) is 13.5. The monoisotopic (exact) mass is 496 g/mol. The number of ether oxygens (including phenoxy) is 1. The molecule has 0 atom stereocenters. The van der Waals surface area contributed by atoms with Crippen molar-refractivity contribution in [2.24, 2.45) is 0 Å². The van der Waals surface area contributed by atoms with Crippen LogP contribution in [0.25, 0.3) is 11.3 Å². The zero-order valence-corrected chi connectivity index (χ0v) is 21.0. The van der Waals surface area contributed by atoms with E-state index >= 15 is 0 Å². The highest BCUT2D eigenvalue weighted by Crippen LogP contribution is 2.27. The van der Waals surface area contributed by atoms with Gasteiger partial charge in [-0.25, -0.2) is 12.7 Å². The Hall–Kier alpha value is -3.17. The van der Waals surface area contributed by atoms with Crippen molar-refractivity contribution in [2.75, 3.05) is 26.0 Å². The van der Waals surface area contributed by atoms with Gasteiger partial charge in [-0.3, -0.25) is 9.48 Å². The Morgan fingerprint density at radius 2 is 1.86 bits per heavy atom. The zero-order chi connectivity index (χ0) is 24.8. The number of benzene rings is 2. The Balaban J connectivity index is 1.54. The number of methoxy groups -OCH3 is 1. The van der Waals surface area contributed by atoms with Gasteiger partial charge in [-0.15, -0.1) is 0 Å². The highest BCUT2D eigenvalue weighted by molar-refractivity contribution is 7.89. The summed E-state index contributed by atoms with van der Waals surface area (Å²) in [6.45, 7) is 3.24. The molecule has 0 spiro atoms. The molecule has 0 bridgehead atoms. The van der Waals surface area contributed by atoms with E-state index in [0.717, 1.165) is 11.1 Å². The summed E-state index contributed by atoms with van der Waals surface area (Å²) in [7, 11) is -1.61. The fraction of sp³-hybridized carbons (Fsp3) is 0.385. The number of carbonyl (C=O) groups excluding carboxylic acids is 1. The number of hydrogen-bond donors (Lipinski definition) is 1. The molecule has 9 heteroatoms. The fourth-order valence-corrected chi connectivity index (χ4v) is 5.89. The Kier molecular flexibility index (Phi) is 7.87. The number of nitrogens with zero attached hydrogens (tertiary/aromatic N) is 3. The van der Waals surface area contributed by atoms with Crippen LogP contribution in [-0.4, -0.2) is 60.4 Å². The number of amides is 1. The predicted octanol–water partition coefficient (Wildman–Crippen LogP) is 3.54. The molecule has 1 amide bonds. The fourth-order valence-electron chi connectivity index (χ4n) is 4.35. The van der Waals surface area contributed by atoms with Crippen molar-refractivity contribution in [1.29, 1.82) is 0 Å². The van der Waals surface area contributed by atoms with Gasteiger partial charge in [-0.05, 0) is 37.0 Å². The first-order valence-electron chi connectivity index (χ1n) is 11.9. The molecule has 186 valence electrons. The third-order valence-corrected chi connectivity index (χ3v) is 8.26. The summed E-state index contributed by atoms with van der Waals surface area (Å²) < 4.78 is 33.4. The molecular formula is C26H32N4O4S. The van der Waals surface area contributed by atoms with Crippen LogP contribution in [0.5, 0.6) is 5.75 Å². The van der Waals surface area contributed by atoms with Crippen LogP contribution in [0.3, 0.4) is 0 Å². The van der Waals surface area contributed by atoms with Crippen molar-refractivity contribution in [2.45, 2.75) is 38.8 Å². The molecule has 0 aliphatic carbocycles. The van der Waals surface area contributed by atoms with Crippen LogP contribution >= 0.6 is 0 Å². The molecule has 0 radical (unpaired) electrons. The minimum atomic E-state index is -3.22. The number of carbonyl (C=O) groups is 1. The second kappa shape index (κ2) is 11.0. The summed E-state index contributed by atoms with van der Waals surface area (Å²) in [6.07, 6.45) is 3.54. The Morgan fingerprint density at radius 1 is 1.11 bits per heavy atom. The van der Waals surface area contributed by atoms with Crippen molar-refractivity contribution in [3.63, 3.8) is 0 Å². The third kappa shape index (κ3) is 6.10. The maximum atomic E-state index is 13.4. The molecule has 2 heterocycles. The van der Waals surface area contributed by atoms with E-state index in [1.54, 1.807) is 22.3 Å². The van der Waals surface area contributed by atoms with Crippen LogP contribution in [0.2, 0.25) is 0 Å². The van der Waals surface area contributed by atoms with Gasteiger partial charge in [-0.1, -0.05) is 49.4 Å². The lowest BCUT2D eigenvalue weighted by Gasteiger charge is -2.31. The van der Waals surface area contributed by atoms with Crippen LogP contribution < -0.4 is 10.1 Å². The molecule has 1 aromatic heterocycles. The minimum Gasteiger partial charge on any atom is -0.497 e. The average Bonchev–Trinajstić information content (AvgIpc) is 3.29. The van der Waals surface area contributed by atoms with Crippen molar-refractivity contribution in [1.82, 2.24) is 19.4 Å². The number of rotatable bonds is 9. The van der Waals surface area contributed by atoms with Gasteiger partial charge >= 0.3 is 0 Å². The van der Waals surface area contributed by atoms with Gasteiger partial charge in [0.1, 0.15) is 11.4 Å². The molecule has 3 aromatic rings. The standard InChI is InChI=1S/C26H32N4O4S/c1-3-16-35(32,33)30-14-12-22(13-15-30)27-26(31)24-19-29(18-20-8-5-4-6-9-20)28-25(24)21-10-7-11-23(17-21)34-2/h4-11,17,19,22H,3,12-16,18H2,1-2H3,(H,27,31). The van der Waals surface area contributed by atoms with E-state index in [-0.39, 0.29) is 17.7 Å². The zero-order valence-electron chi connectivity index (χ0n) is 20.2. The first-order chi connectivity index (χ1) is 16.9. The second-order valence-corrected chi connectivity index (χ2v) is 10.9. The van der Waals surface area contributed by atoms with Gasteiger partial charge in [0.2, 0.25) is 10.0 Å². The lowest BCUT2D eigenvalue weighted by Crippen LogP contribution is -2.47. The molecule has 0 saturated carbocycles. The van der Waals surface area contributed by atoms with Crippen molar-refractivity contribution < 1.29 is 17.9 Å². The topological polar surface area (TPSA) is 93.5 Å². The van der Waals surface area contributed by atoms with Crippen molar-refractivity contribution in [3.8, 4) is 17.0 Å². The predicted molar refractivity (Wildman–Crippen MR) is 136 cm³/mol. The lowest BCUT2D eigenvalue weighted by atomic mass is 10.0. The molecule has 1 aliphatic heterocycles. The second-order valence-electron chi connectivity index (χ2n) is 8.77. The van der Waals surface area contributed by atoms with Gasteiger partial charge < -0.3 is 10.1 Å². The van der Waals surface area contributed by atoms with Gasteiger partial charge in [0.25, 0.3) is 5.91 Å². The molecule has 0 unspecified atom stereocenters. The van der Waals surface area contributed by atoms with Gasteiger partial charge in [-0.2, -0.15) is 5.10 Å². The molecule has 8 nitrogen and oxygen atoms in total. The van der Waals surface area contributed by atoms with E-state index in [2.05, 4.69) is 5.32 Å². The maximum Gasteiger partial charge on any atom is 0.255 e. The largest absolute Gasteiger partial charge is 0.497 e. The summed E-state index contributed by atoms with van der Waals surface area (Å²) in [6, 6.07) is 17.4. The minimum absolute atomic E-state index is 0.0915. The Bertz CT molecular complexity index is 1250. The summed E-state index contributed by atoms with van der Waals surface area (Å²) in [5.74, 6) is 0.637. The van der Waals surface area contributed by atoms with E-state index < -0.39 is 10.0 Å². The average molecular weight is 497 g/mol. The van der Waals surface area contributed by atoms with E-state index in [0.29, 0.717) is 55.9 Å². The molecule has 1 aliphatic rings. The van der Waals surface area contributed by atoms with E-state index in [1.807, 2.05) is 61.5 Å². The number of aromatic nitrogens is 2. The highest BCUT2D eigenvalue weighted by atomic mass is 32.2. The molecule has 1 N–H and O–H groups in total. The Labute approximate surface area is 207 Å². The van der Waals surface area contributed by atoms with Crippen LogP contribution in [0.15, 0.2) is 60.8 Å². The van der Waals surface area contributed by atoms with Gasteiger partial charge in [0.05, 0.1) is 25.0 Å². The molecule has 1 saturated heterocycles. The summed E-state index contributed by atoms with van der Waals surface area (Å²) >= 11 is 0. The van der Waals surface area contributed by atoms with Gasteiger partial charge in [0.15, 0.2) is 0 Å². The normalized spacial score (nSPS) is 15.1. The van der Waals surface area contributed by atoms with E-state index in [1.165, 1.54) is 0 Å². The van der Waals surface area contributed by atoms with Crippen molar-refractivity contribution >= 4 is 15.9 Å². The third-order valence-electron chi connectivity index (χ3n) is 6.18. The number of nitrogens with one attached hydrogen (secondary N) is 1. The van der Waals surface area contributed by atoms with E-state index in [4.69, 9.17) is 9.84 Å². The molecular weight excluding hydrogens is 464 g/mol. The highest BCUT2D eigenvalue weighted by Gasteiger charge is 2.29. The summed E-state index contributed by atoms with van der Waals surface area (Å²) in [4.78, 5) is 13.4. The number of sulfonamides is 1. The lowest BCUT2D eigenvalue weighted by molar-refractivity contribution is 0.0924. The van der Waals surface area contributed by atoms with Crippen LogP contribution in [-0.2, 0) is 16.6 Å². The van der Waals surface area contributed by atoms with Crippen LogP contribution in [0, 0.1) is 0 Å². The Morgan fingerprint density at radius 3 is 2.54 bits per heavy atom. The first kappa shape index (κ1) is 24.9. The quantitative estimate of drug-likeness (QED) is 0.489. The molecule has 35 heavy (non-hydrogen) atoms. The SMILES string of the molecule is CCCS(=O)(=O)N1CCC(NC(=O)c2cn(Cc3ccccc3)nc2-c2cccc(OC)c2)CC1. The number of hydrogen-bond acceptors (Lipinski definition) is 5.